The highest BCUT2D eigenvalue weighted by Gasteiger charge is 2.09. The number of ether oxygens (including phenoxy) is 1. The highest BCUT2D eigenvalue weighted by molar-refractivity contribution is 9.10. The lowest BCUT2D eigenvalue weighted by Gasteiger charge is -2.12. The molecule has 0 aliphatic heterocycles. The maximum atomic E-state index is 13.1. The van der Waals surface area contributed by atoms with Crippen molar-refractivity contribution in [2.45, 2.75) is 25.8 Å². The van der Waals surface area contributed by atoms with Crippen LogP contribution in [0.5, 0.6) is 11.5 Å². The van der Waals surface area contributed by atoms with Gasteiger partial charge >= 0.3 is 0 Å². The van der Waals surface area contributed by atoms with Crippen molar-refractivity contribution in [2.24, 2.45) is 5.73 Å². The Labute approximate surface area is 137 Å². The van der Waals surface area contributed by atoms with Crippen molar-refractivity contribution in [1.29, 1.82) is 0 Å². The molecule has 2 aromatic rings. The Hall–Kier alpha value is -1.10. The van der Waals surface area contributed by atoms with E-state index in [0.29, 0.717) is 21.0 Å². The van der Waals surface area contributed by atoms with E-state index >= 15 is 0 Å². The van der Waals surface area contributed by atoms with Crippen LogP contribution in [0.1, 0.15) is 18.9 Å². The van der Waals surface area contributed by atoms with Crippen molar-refractivity contribution in [3.63, 3.8) is 0 Å². The average Bonchev–Trinajstić information content (AvgIpc) is 2.44. The van der Waals surface area contributed by atoms with Gasteiger partial charge in [-0.25, -0.2) is 4.39 Å². The number of benzene rings is 2. The van der Waals surface area contributed by atoms with Gasteiger partial charge in [0, 0.05) is 6.04 Å². The summed E-state index contributed by atoms with van der Waals surface area (Å²) in [6.45, 7) is 2.05. The molecule has 0 spiro atoms. The van der Waals surface area contributed by atoms with Gasteiger partial charge in [-0.1, -0.05) is 24.6 Å². The first-order valence-corrected chi connectivity index (χ1v) is 7.83. The molecule has 2 N–H and O–H groups in total. The smallest absolute Gasteiger partial charge is 0.146 e. The zero-order chi connectivity index (χ0) is 15.4. The average molecular weight is 373 g/mol. The third-order valence-corrected chi connectivity index (χ3v) is 4.05. The summed E-state index contributed by atoms with van der Waals surface area (Å²) in [4.78, 5) is 0. The fourth-order valence-corrected chi connectivity index (χ4v) is 2.55. The molecule has 2 nitrogen and oxygen atoms in total. The standard InChI is InChI=1S/C16H16BrClFNO/c1-2-12(20)7-10-3-5-16(14(18)8-10)21-15-6-4-11(19)9-13(15)17/h3-6,8-9,12H,2,7,20H2,1H3. The number of rotatable bonds is 5. The minimum absolute atomic E-state index is 0.124. The summed E-state index contributed by atoms with van der Waals surface area (Å²) in [6.07, 6.45) is 1.69. The van der Waals surface area contributed by atoms with Crippen LogP contribution in [0.4, 0.5) is 4.39 Å². The van der Waals surface area contributed by atoms with Crippen LogP contribution in [-0.4, -0.2) is 6.04 Å². The fraction of sp³-hybridized carbons (Fsp3) is 0.250. The summed E-state index contributed by atoms with van der Waals surface area (Å²) in [5.74, 6) is 0.707. The van der Waals surface area contributed by atoms with E-state index in [1.54, 1.807) is 12.1 Å². The van der Waals surface area contributed by atoms with Crippen molar-refractivity contribution < 1.29 is 9.13 Å². The van der Waals surface area contributed by atoms with Crippen LogP contribution in [0, 0.1) is 5.82 Å². The highest BCUT2D eigenvalue weighted by Crippen LogP contribution is 2.34. The normalized spacial score (nSPS) is 12.2. The predicted molar refractivity (Wildman–Crippen MR) is 87.6 cm³/mol. The molecule has 21 heavy (non-hydrogen) atoms. The van der Waals surface area contributed by atoms with E-state index < -0.39 is 0 Å². The second kappa shape index (κ2) is 7.25. The third kappa shape index (κ3) is 4.43. The molecular weight excluding hydrogens is 357 g/mol. The number of hydrogen-bond acceptors (Lipinski definition) is 2. The monoisotopic (exact) mass is 371 g/mol. The molecule has 0 fully saturated rings. The molecule has 0 aliphatic carbocycles. The molecule has 1 atom stereocenters. The molecule has 0 heterocycles. The summed E-state index contributed by atoms with van der Waals surface area (Å²) < 4.78 is 19.3. The molecule has 1 unspecified atom stereocenters. The highest BCUT2D eigenvalue weighted by atomic mass is 79.9. The zero-order valence-corrected chi connectivity index (χ0v) is 13.9. The molecule has 2 rings (SSSR count). The first-order valence-electron chi connectivity index (χ1n) is 6.66. The Morgan fingerprint density at radius 3 is 2.57 bits per heavy atom. The van der Waals surface area contributed by atoms with Crippen LogP contribution in [-0.2, 0) is 6.42 Å². The van der Waals surface area contributed by atoms with E-state index in [1.807, 2.05) is 12.1 Å². The van der Waals surface area contributed by atoms with E-state index in [-0.39, 0.29) is 11.9 Å². The van der Waals surface area contributed by atoms with E-state index in [4.69, 9.17) is 22.1 Å². The topological polar surface area (TPSA) is 35.2 Å². The molecule has 0 amide bonds. The minimum atomic E-state index is -0.329. The maximum Gasteiger partial charge on any atom is 0.146 e. The van der Waals surface area contributed by atoms with Gasteiger partial charge in [0.25, 0.3) is 0 Å². The third-order valence-electron chi connectivity index (χ3n) is 3.13. The van der Waals surface area contributed by atoms with Gasteiger partial charge in [-0.05, 0) is 64.7 Å². The minimum Gasteiger partial charge on any atom is -0.455 e. The lowest BCUT2D eigenvalue weighted by atomic mass is 10.0. The van der Waals surface area contributed by atoms with Crippen LogP contribution in [0.2, 0.25) is 5.02 Å². The molecule has 112 valence electrons. The van der Waals surface area contributed by atoms with Crippen LogP contribution in [0.15, 0.2) is 40.9 Å². The van der Waals surface area contributed by atoms with Crippen LogP contribution < -0.4 is 10.5 Å². The van der Waals surface area contributed by atoms with Gasteiger partial charge < -0.3 is 10.5 Å². The largest absolute Gasteiger partial charge is 0.455 e. The summed E-state index contributed by atoms with van der Waals surface area (Å²) in [5.41, 5.74) is 7.00. The van der Waals surface area contributed by atoms with Crippen LogP contribution in [0.25, 0.3) is 0 Å². The maximum absolute atomic E-state index is 13.1. The van der Waals surface area contributed by atoms with Gasteiger partial charge in [0.05, 0.1) is 9.50 Å². The van der Waals surface area contributed by atoms with Crippen LogP contribution in [0.3, 0.4) is 0 Å². The lowest BCUT2D eigenvalue weighted by molar-refractivity contribution is 0.477. The quantitative estimate of drug-likeness (QED) is 0.771. The van der Waals surface area contributed by atoms with E-state index in [2.05, 4.69) is 22.9 Å². The molecule has 0 bridgehead atoms. The molecule has 0 saturated carbocycles. The summed E-state index contributed by atoms with van der Waals surface area (Å²) in [5, 5.41) is 0.507. The van der Waals surface area contributed by atoms with E-state index in [9.17, 15) is 4.39 Å². The molecule has 0 saturated heterocycles. The van der Waals surface area contributed by atoms with Gasteiger partial charge in [0.15, 0.2) is 0 Å². The van der Waals surface area contributed by atoms with E-state index in [1.165, 1.54) is 12.1 Å². The SMILES string of the molecule is CCC(N)Cc1ccc(Oc2ccc(F)cc2Br)c(Cl)c1. The number of hydrogen-bond donors (Lipinski definition) is 1. The first-order chi connectivity index (χ1) is 9.99. The van der Waals surface area contributed by atoms with Gasteiger partial charge in [-0.2, -0.15) is 0 Å². The summed E-state index contributed by atoms with van der Waals surface area (Å²) in [7, 11) is 0. The summed E-state index contributed by atoms with van der Waals surface area (Å²) in [6, 6.07) is 9.95. The molecule has 5 heteroatoms. The molecular formula is C16H16BrClFNO. The van der Waals surface area contributed by atoms with Crippen LogP contribution >= 0.6 is 27.5 Å². The fourth-order valence-electron chi connectivity index (χ4n) is 1.88. The molecule has 2 aromatic carbocycles. The first kappa shape index (κ1) is 16.3. The Bertz CT molecular complexity index is 636. The Morgan fingerprint density at radius 1 is 1.24 bits per heavy atom. The Morgan fingerprint density at radius 2 is 1.95 bits per heavy atom. The second-order valence-electron chi connectivity index (χ2n) is 4.81. The predicted octanol–water partition coefficient (Wildman–Crippen LogP) is 5.31. The Balaban J connectivity index is 2.17. The molecule has 0 radical (unpaired) electrons. The van der Waals surface area contributed by atoms with Crippen molar-refractivity contribution in [1.82, 2.24) is 0 Å². The zero-order valence-electron chi connectivity index (χ0n) is 11.6. The van der Waals surface area contributed by atoms with Crippen molar-refractivity contribution in [2.75, 3.05) is 0 Å². The number of halogens is 3. The number of nitrogens with two attached hydrogens (primary N) is 1. The lowest BCUT2D eigenvalue weighted by Crippen LogP contribution is -2.21. The van der Waals surface area contributed by atoms with Gasteiger partial charge in [0.1, 0.15) is 17.3 Å². The van der Waals surface area contributed by atoms with Gasteiger partial charge in [-0.3, -0.25) is 0 Å². The van der Waals surface area contributed by atoms with E-state index in [0.717, 1.165) is 18.4 Å². The van der Waals surface area contributed by atoms with Gasteiger partial charge in [0.2, 0.25) is 0 Å². The summed E-state index contributed by atoms with van der Waals surface area (Å²) >= 11 is 9.50. The second-order valence-corrected chi connectivity index (χ2v) is 6.08. The molecule has 0 aliphatic rings. The Kier molecular flexibility index (Phi) is 5.62. The molecule has 0 aromatic heterocycles. The van der Waals surface area contributed by atoms with Crippen molar-refractivity contribution in [3.8, 4) is 11.5 Å². The van der Waals surface area contributed by atoms with Crippen molar-refractivity contribution in [3.05, 3.63) is 57.3 Å². The van der Waals surface area contributed by atoms with Gasteiger partial charge in [-0.15, -0.1) is 0 Å². The van der Waals surface area contributed by atoms with Crippen molar-refractivity contribution >= 4 is 27.5 Å².